The number of rotatable bonds is 1. The van der Waals surface area contributed by atoms with Gasteiger partial charge >= 0.3 is 0 Å². The lowest BCUT2D eigenvalue weighted by molar-refractivity contribution is 1.35. The normalized spacial score (nSPS) is 24.6. The summed E-state index contributed by atoms with van der Waals surface area (Å²) in [4.78, 5) is 3.77. The van der Waals surface area contributed by atoms with Gasteiger partial charge in [0.2, 0.25) is 0 Å². The van der Waals surface area contributed by atoms with E-state index in [4.69, 9.17) is 8.22 Å². The van der Waals surface area contributed by atoms with Crippen molar-refractivity contribution in [1.82, 2.24) is 9.36 Å². The van der Waals surface area contributed by atoms with Gasteiger partial charge < -0.3 is 0 Å². The summed E-state index contributed by atoms with van der Waals surface area (Å²) < 4.78 is 48.2. The Morgan fingerprint density at radius 1 is 1.78 bits per heavy atom. The van der Waals surface area contributed by atoms with Crippen LogP contribution in [0.15, 0.2) is 6.33 Å². The van der Waals surface area contributed by atoms with E-state index >= 15 is 0 Å². The second-order valence-corrected chi connectivity index (χ2v) is 5.74. The monoisotopic (exact) mass is 164 g/mol. The summed E-state index contributed by atoms with van der Waals surface area (Å²) in [5, 5.41) is 0. The highest BCUT2D eigenvalue weighted by Crippen LogP contribution is 2.00. The molecule has 0 amide bonds. The third-order valence-corrected chi connectivity index (χ3v) is 3.75. The average Bonchev–Trinajstić information content (AvgIpc) is 2.49. The lowest BCUT2D eigenvalue weighted by atomic mass is 11.3. The highest BCUT2D eigenvalue weighted by molar-refractivity contribution is 7.21. The molecule has 0 N–H and O–H groups in total. The van der Waals surface area contributed by atoms with E-state index in [1.807, 2.05) is 0 Å². The van der Waals surface area contributed by atoms with E-state index in [1.165, 1.54) is 12.9 Å². The first-order valence-corrected chi connectivity index (χ1v) is 5.65. The summed E-state index contributed by atoms with van der Waals surface area (Å²) in [7, 11) is -3.63. The molecule has 0 aromatic carbocycles. The van der Waals surface area contributed by atoms with Crippen molar-refractivity contribution in [2.75, 3.05) is 0 Å². The van der Waals surface area contributed by atoms with Crippen molar-refractivity contribution in [2.45, 2.75) is 19.5 Å². The molecule has 0 unspecified atom stereocenters. The van der Waals surface area contributed by atoms with E-state index in [0.717, 1.165) is 11.5 Å². The summed E-state index contributed by atoms with van der Waals surface area (Å²) in [5.41, 5.74) is 0. The van der Waals surface area contributed by atoms with Gasteiger partial charge in [0.25, 0.3) is 0 Å². The molecule has 0 spiro atoms. The fourth-order valence-corrected chi connectivity index (χ4v) is 1.89. The van der Waals surface area contributed by atoms with E-state index in [0.29, 0.717) is 0 Å². The summed E-state index contributed by atoms with van der Waals surface area (Å²) >= 11 is 0.864. The van der Waals surface area contributed by atoms with E-state index in [9.17, 15) is 0 Å². The first-order chi connectivity index (χ1) is 6.61. The maximum absolute atomic E-state index is 7.39. The quantitative estimate of drug-likeness (QED) is 0.581. The molecule has 0 aliphatic rings. The molecule has 1 aromatic heterocycles. The molecule has 0 bridgehead atoms. The van der Waals surface area contributed by atoms with Crippen LogP contribution in [-0.4, -0.2) is 17.4 Å². The second kappa shape index (κ2) is 2.19. The molecule has 0 radical (unpaired) electrons. The number of aromatic nitrogens is 2. The molecule has 1 heterocycles. The summed E-state index contributed by atoms with van der Waals surface area (Å²) in [6, 6.07) is 0. The van der Waals surface area contributed by atoms with Crippen molar-refractivity contribution in [3.63, 3.8) is 0 Å². The highest BCUT2D eigenvalue weighted by Gasteiger charge is 2.19. The van der Waals surface area contributed by atoms with E-state index in [1.54, 1.807) is 0 Å². The molecule has 50 valence electrons. The molecule has 0 aliphatic carbocycles. The van der Waals surface area contributed by atoms with Crippen LogP contribution in [0.25, 0.3) is 0 Å². The van der Waals surface area contributed by atoms with Crippen molar-refractivity contribution in [1.29, 1.82) is 0 Å². The van der Waals surface area contributed by atoms with E-state index < -0.39 is 21.0 Å². The molecule has 1 rings (SSSR count). The Morgan fingerprint density at radius 3 is 3.00 bits per heavy atom. The van der Waals surface area contributed by atoms with Crippen molar-refractivity contribution >= 4 is 24.2 Å². The molecule has 9 heavy (non-hydrogen) atoms. The minimum absolute atomic E-state index is 0.155. The maximum Gasteiger partial charge on any atom is 0.129 e. The van der Waals surface area contributed by atoms with Crippen LogP contribution in [0.2, 0.25) is 19.5 Å². The summed E-state index contributed by atoms with van der Waals surface area (Å²) in [6.07, 6.45) is 1.20. The summed E-state index contributed by atoms with van der Waals surface area (Å²) in [6.45, 7) is -3.69. The molecular weight excluding hydrogens is 148 g/mol. The van der Waals surface area contributed by atoms with Gasteiger partial charge in [0.1, 0.15) is 14.4 Å². The van der Waals surface area contributed by atoms with E-state index in [-0.39, 0.29) is 4.63 Å². The topological polar surface area (TPSA) is 25.8 Å². The third kappa shape index (κ3) is 1.59. The SMILES string of the molecule is [2H]C([2H])([2H])[Si](C)(c1ncns1)C([2H])([2H])[2H]. The smallest absolute Gasteiger partial charge is 0.129 e. The Hall–Kier alpha value is -0.223. The summed E-state index contributed by atoms with van der Waals surface area (Å²) in [5.74, 6) is 0. The van der Waals surface area contributed by atoms with Crippen LogP contribution in [-0.2, 0) is 0 Å². The standard InChI is InChI=1S/C5H10N2SSi/c1-9(2,3)5-6-4-7-8-5/h4H,1-3H3/i1D3,2D3. The van der Waals surface area contributed by atoms with Gasteiger partial charge in [-0.25, -0.2) is 4.98 Å². The van der Waals surface area contributed by atoms with Gasteiger partial charge in [-0.15, -0.1) is 0 Å². The Balaban J connectivity index is 3.33. The molecular formula is C5H10N2SSi. The van der Waals surface area contributed by atoms with Crippen LogP contribution < -0.4 is 4.63 Å². The zero-order valence-corrected chi connectivity index (χ0v) is 6.70. The number of hydrogen-bond acceptors (Lipinski definition) is 3. The average molecular weight is 164 g/mol. The minimum atomic E-state index is -3.63. The van der Waals surface area contributed by atoms with Gasteiger partial charge in [-0.3, -0.25) is 0 Å². The minimum Gasteiger partial charge on any atom is -0.233 e. The van der Waals surface area contributed by atoms with Crippen LogP contribution in [0.1, 0.15) is 8.22 Å². The van der Waals surface area contributed by atoms with Crippen molar-refractivity contribution < 1.29 is 8.22 Å². The van der Waals surface area contributed by atoms with Gasteiger partial charge in [-0.2, -0.15) is 4.37 Å². The first kappa shape index (κ1) is 2.43. The Labute approximate surface area is 68.6 Å². The largest absolute Gasteiger partial charge is 0.233 e. The van der Waals surface area contributed by atoms with Gasteiger partial charge in [-0.05, 0) is 11.5 Å². The molecule has 2 nitrogen and oxygen atoms in total. The molecule has 0 fully saturated rings. The third-order valence-electron chi connectivity index (χ3n) is 0.789. The predicted molar refractivity (Wildman–Crippen MR) is 42.9 cm³/mol. The van der Waals surface area contributed by atoms with Gasteiger partial charge in [0.05, 0.1) is 4.63 Å². The molecule has 0 aliphatic heterocycles. The molecule has 0 saturated heterocycles. The van der Waals surface area contributed by atoms with Crippen LogP contribution in [0, 0.1) is 0 Å². The fourth-order valence-electron chi connectivity index (χ4n) is 0.393. The lowest BCUT2D eigenvalue weighted by Crippen LogP contribution is -2.36. The molecule has 4 heteroatoms. The maximum atomic E-state index is 7.39. The van der Waals surface area contributed by atoms with Gasteiger partial charge in [0.15, 0.2) is 0 Å². The van der Waals surface area contributed by atoms with Gasteiger partial charge in [0, 0.05) is 8.22 Å². The number of nitrogens with zero attached hydrogens (tertiary/aromatic N) is 2. The van der Waals surface area contributed by atoms with Gasteiger partial charge in [-0.1, -0.05) is 19.5 Å². The highest BCUT2D eigenvalue weighted by atomic mass is 32.1. The molecule has 0 atom stereocenters. The van der Waals surface area contributed by atoms with Crippen LogP contribution in [0.3, 0.4) is 0 Å². The van der Waals surface area contributed by atoms with Crippen molar-refractivity contribution in [3.05, 3.63) is 6.33 Å². The Kier molecular flexibility index (Phi) is 0.591. The number of hydrogen-bond donors (Lipinski definition) is 0. The second-order valence-electron chi connectivity index (χ2n) is 1.87. The van der Waals surface area contributed by atoms with Crippen LogP contribution >= 0.6 is 11.5 Å². The first-order valence-electron chi connectivity index (χ1n) is 5.38. The van der Waals surface area contributed by atoms with E-state index in [2.05, 4.69) is 9.36 Å². The Bertz CT molecular complexity index is 316. The Morgan fingerprint density at radius 2 is 2.56 bits per heavy atom. The van der Waals surface area contributed by atoms with Crippen LogP contribution in [0.5, 0.6) is 0 Å². The fraction of sp³-hybridized carbons (Fsp3) is 0.600. The predicted octanol–water partition coefficient (Wildman–Crippen LogP) is 1.08. The van der Waals surface area contributed by atoms with Crippen molar-refractivity contribution in [2.24, 2.45) is 0 Å². The molecule has 0 saturated carbocycles. The van der Waals surface area contributed by atoms with Crippen LogP contribution in [0.4, 0.5) is 0 Å². The zero-order valence-electron chi connectivity index (χ0n) is 10.9. The lowest BCUT2D eigenvalue weighted by Gasteiger charge is -2.08. The zero-order chi connectivity index (χ0) is 11.9. The van der Waals surface area contributed by atoms with Crippen molar-refractivity contribution in [3.8, 4) is 0 Å². The molecule has 1 aromatic rings.